The predicted molar refractivity (Wildman–Crippen MR) is 232 cm³/mol. The van der Waals surface area contributed by atoms with Crippen LogP contribution in [0.5, 0.6) is 0 Å². The summed E-state index contributed by atoms with van der Waals surface area (Å²) in [5.41, 5.74) is 26.9. The SMILES string of the molecule is Cc1cc2c(cc1-c1n(-c3c(C(C)C)cccc3C(C)C)c3cc4c(cc3[n+]1C)C1c3ccccc3C4c3ccccc31)C1c3ccccc3C2c2ccccc21. The molecular weight excluding hydrogens is 689 g/mol. The molecule has 0 radical (unpaired) electrons. The number of fused-ring (bicyclic) bond motifs is 1. The fraction of sp³-hybridized carbons (Fsp3) is 0.218. The molecule has 14 rings (SSSR count). The Morgan fingerprint density at radius 3 is 1.21 bits per heavy atom. The van der Waals surface area contributed by atoms with Crippen molar-refractivity contribution in [3.05, 3.63) is 223 Å². The Morgan fingerprint density at radius 2 is 0.807 bits per heavy atom. The molecule has 4 bridgehead atoms. The van der Waals surface area contributed by atoms with Crippen molar-refractivity contribution in [2.75, 3.05) is 0 Å². The third-order valence-electron chi connectivity index (χ3n) is 14.3. The summed E-state index contributed by atoms with van der Waals surface area (Å²) < 4.78 is 5.23. The summed E-state index contributed by atoms with van der Waals surface area (Å²) in [5, 5.41) is 0. The van der Waals surface area contributed by atoms with Crippen molar-refractivity contribution in [2.45, 2.75) is 70.1 Å². The van der Waals surface area contributed by atoms with Crippen molar-refractivity contribution in [3.63, 3.8) is 0 Å². The zero-order valence-electron chi connectivity index (χ0n) is 33.6. The highest BCUT2D eigenvalue weighted by Crippen LogP contribution is 2.58. The maximum absolute atomic E-state index is 2.69. The molecule has 6 aliphatic carbocycles. The van der Waals surface area contributed by atoms with E-state index in [1.165, 1.54) is 112 Å². The van der Waals surface area contributed by atoms with Gasteiger partial charge in [0, 0.05) is 34.8 Å². The molecule has 1 heterocycles. The van der Waals surface area contributed by atoms with Crippen molar-refractivity contribution in [3.8, 4) is 17.1 Å². The highest BCUT2D eigenvalue weighted by molar-refractivity contribution is 5.86. The van der Waals surface area contributed by atoms with Gasteiger partial charge < -0.3 is 0 Å². The molecule has 8 aromatic rings. The molecule has 0 saturated carbocycles. The molecule has 2 heteroatoms. The van der Waals surface area contributed by atoms with E-state index in [2.05, 4.69) is 190 Å². The first-order valence-electron chi connectivity index (χ1n) is 21.0. The molecule has 0 atom stereocenters. The first-order chi connectivity index (χ1) is 27.8. The van der Waals surface area contributed by atoms with Gasteiger partial charge in [-0.25, -0.2) is 4.57 Å². The van der Waals surface area contributed by atoms with E-state index >= 15 is 0 Å². The van der Waals surface area contributed by atoms with Gasteiger partial charge in [-0.1, -0.05) is 149 Å². The van der Waals surface area contributed by atoms with Crippen LogP contribution < -0.4 is 4.57 Å². The number of hydrogen-bond acceptors (Lipinski definition) is 0. The first-order valence-corrected chi connectivity index (χ1v) is 21.0. The van der Waals surface area contributed by atoms with Gasteiger partial charge in [0.25, 0.3) is 5.82 Å². The van der Waals surface area contributed by atoms with Gasteiger partial charge in [-0.3, -0.25) is 0 Å². The summed E-state index contributed by atoms with van der Waals surface area (Å²) in [6.07, 6.45) is 0. The number of hydrogen-bond donors (Lipinski definition) is 0. The lowest BCUT2D eigenvalue weighted by Crippen LogP contribution is -2.32. The molecule has 1 aromatic heterocycles. The Hall–Kier alpha value is -5.99. The maximum Gasteiger partial charge on any atom is 0.295 e. The van der Waals surface area contributed by atoms with Crippen molar-refractivity contribution in [2.24, 2.45) is 7.05 Å². The van der Waals surface area contributed by atoms with E-state index in [-0.39, 0.29) is 23.7 Å². The number of aromatic nitrogens is 2. The van der Waals surface area contributed by atoms with Crippen LogP contribution in [0.4, 0.5) is 0 Å². The minimum Gasteiger partial charge on any atom is -0.225 e. The van der Waals surface area contributed by atoms with Crippen molar-refractivity contribution >= 4 is 11.0 Å². The van der Waals surface area contributed by atoms with Crippen LogP contribution in [0, 0.1) is 6.92 Å². The third-order valence-corrected chi connectivity index (χ3v) is 14.3. The zero-order valence-corrected chi connectivity index (χ0v) is 33.6. The molecule has 7 aromatic carbocycles. The lowest BCUT2D eigenvalue weighted by molar-refractivity contribution is -0.633. The van der Waals surface area contributed by atoms with Gasteiger partial charge in [-0.05, 0) is 109 Å². The molecule has 0 spiro atoms. The van der Waals surface area contributed by atoms with Crippen molar-refractivity contribution in [1.29, 1.82) is 0 Å². The molecule has 276 valence electrons. The molecule has 0 unspecified atom stereocenters. The standard InChI is InChI=1S/C55H47N2/c1-30(2)33-24-15-25-34(31(3)4)54(33)57-49-29-47-46(52-39-20-11-13-22-41(39)53(47)42-23-14-12-21-40(42)52)28-48(49)56(6)55(57)43-27-45-44(26-32(43)5)50-35-16-7-9-18-37(35)51(45)38-19-10-8-17-36(38)50/h7-31,50-53H,1-6H3/q+1. The molecule has 0 amide bonds. The van der Waals surface area contributed by atoms with Gasteiger partial charge in [0.2, 0.25) is 0 Å². The van der Waals surface area contributed by atoms with Crippen LogP contribution in [0.15, 0.2) is 140 Å². The largest absolute Gasteiger partial charge is 0.295 e. The lowest BCUT2D eigenvalue weighted by Gasteiger charge is -2.42. The molecule has 6 aliphatic rings. The van der Waals surface area contributed by atoms with Gasteiger partial charge in [0.05, 0.1) is 12.6 Å². The summed E-state index contributed by atoms with van der Waals surface area (Å²) in [7, 11) is 2.33. The van der Waals surface area contributed by atoms with Crippen molar-refractivity contribution < 1.29 is 4.57 Å². The molecular formula is C55H47N2+. The number of nitrogens with zero attached hydrogens (tertiary/aromatic N) is 2. The smallest absolute Gasteiger partial charge is 0.225 e. The number of aryl methyl sites for hydroxylation is 2. The number of benzene rings is 7. The summed E-state index contributed by atoms with van der Waals surface area (Å²) >= 11 is 0. The number of rotatable bonds is 4. The Labute approximate surface area is 336 Å². The topological polar surface area (TPSA) is 8.81 Å². The van der Waals surface area contributed by atoms with Crippen LogP contribution in [-0.2, 0) is 7.05 Å². The fourth-order valence-electron chi connectivity index (χ4n) is 11.9. The third kappa shape index (κ3) is 4.29. The van der Waals surface area contributed by atoms with Gasteiger partial charge in [-0.2, -0.15) is 4.57 Å². The van der Waals surface area contributed by atoms with E-state index in [1.807, 2.05) is 0 Å². The average Bonchev–Trinajstić information content (AvgIpc) is 3.51. The summed E-state index contributed by atoms with van der Waals surface area (Å²) in [6.45, 7) is 11.8. The molecule has 0 aliphatic heterocycles. The second kappa shape index (κ2) is 11.8. The molecule has 57 heavy (non-hydrogen) atoms. The van der Waals surface area contributed by atoms with E-state index in [4.69, 9.17) is 0 Å². The van der Waals surface area contributed by atoms with E-state index in [9.17, 15) is 0 Å². The van der Waals surface area contributed by atoms with Crippen LogP contribution in [0.25, 0.3) is 28.1 Å². The average molecular weight is 736 g/mol. The highest BCUT2D eigenvalue weighted by Gasteiger charge is 2.45. The second-order valence-electron chi connectivity index (χ2n) is 17.8. The van der Waals surface area contributed by atoms with Gasteiger partial charge >= 0.3 is 0 Å². The Kier molecular flexibility index (Phi) is 6.85. The van der Waals surface area contributed by atoms with E-state index < -0.39 is 0 Å². The summed E-state index contributed by atoms with van der Waals surface area (Å²) in [6, 6.07) is 54.2. The number of imidazole rings is 1. The van der Waals surface area contributed by atoms with Gasteiger partial charge in [0.15, 0.2) is 11.0 Å². The first kappa shape index (κ1) is 33.2. The maximum atomic E-state index is 2.69. The monoisotopic (exact) mass is 735 g/mol. The van der Waals surface area contributed by atoms with E-state index in [1.54, 1.807) is 0 Å². The predicted octanol–water partition coefficient (Wildman–Crippen LogP) is 12.7. The Bertz CT molecular complexity index is 2910. The van der Waals surface area contributed by atoms with E-state index in [0.29, 0.717) is 11.8 Å². The zero-order chi connectivity index (χ0) is 38.4. The van der Waals surface area contributed by atoms with Crippen LogP contribution in [0.1, 0.15) is 147 Å². The highest BCUT2D eigenvalue weighted by atomic mass is 15.2. The van der Waals surface area contributed by atoms with Crippen LogP contribution in [0.3, 0.4) is 0 Å². The minimum atomic E-state index is 0.213. The number of para-hydroxylation sites is 1. The Balaban J connectivity index is 1.19. The van der Waals surface area contributed by atoms with Crippen LogP contribution in [-0.4, -0.2) is 4.57 Å². The Morgan fingerprint density at radius 1 is 0.439 bits per heavy atom. The van der Waals surface area contributed by atoms with E-state index in [0.717, 1.165) is 0 Å². The summed E-state index contributed by atoms with van der Waals surface area (Å²) in [5.74, 6) is 2.88. The fourth-order valence-corrected chi connectivity index (χ4v) is 11.9. The molecule has 0 N–H and O–H groups in total. The summed E-state index contributed by atoms with van der Waals surface area (Å²) in [4.78, 5) is 0. The van der Waals surface area contributed by atoms with Crippen LogP contribution in [0.2, 0.25) is 0 Å². The quantitative estimate of drug-likeness (QED) is 0.159. The lowest BCUT2D eigenvalue weighted by atomic mass is 9.60. The minimum absolute atomic E-state index is 0.213. The normalized spacial score (nSPS) is 19.0. The van der Waals surface area contributed by atoms with Crippen LogP contribution >= 0.6 is 0 Å². The van der Waals surface area contributed by atoms with Crippen molar-refractivity contribution in [1.82, 2.24) is 4.57 Å². The van der Waals surface area contributed by atoms with Gasteiger partial charge in [0.1, 0.15) is 5.69 Å². The molecule has 2 nitrogen and oxygen atoms in total. The molecule has 0 saturated heterocycles. The van der Waals surface area contributed by atoms with Gasteiger partial charge in [-0.15, -0.1) is 0 Å². The molecule has 0 fully saturated rings. The second-order valence-corrected chi connectivity index (χ2v) is 17.8.